The minimum Gasteiger partial charge on any atom is -0.494 e. The van der Waals surface area contributed by atoms with Crippen LogP contribution in [-0.2, 0) is 6.42 Å². The van der Waals surface area contributed by atoms with Gasteiger partial charge in [-0.05, 0) is 43.4 Å². The summed E-state index contributed by atoms with van der Waals surface area (Å²) in [7, 11) is 0. The van der Waals surface area contributed by atoms with E-state index in [1.54, 1.807) is 0 Å². The molecule has 24 heavy (non-hydrogen) atoms. The normalized spacial score (nSPS) is 10.2. The fourth-order valence-electron chi connectivity index (χ4n) is 2.34. The number of urea groups is 1. The fourth-order valence-corrected chi connectivity index (χ4v) is 2.34. The van der Waals surface area contributed by atoms with Gasteiger partial charge in [0.25, 0.3) is 0 Å². The minimum absolute atomic E-state index is 0.102. The number of amides is 2. The van der Waals surface area contributed by atoms with Gasteiger partial charge >= 0.3 is 6.03 Å². The van der Waals surface area contributed by atoms with Crippen LogP contribution in [-0.4, -0.2) is 25.7 Å². The third-order valence-electron chi connectivity index (χ3n) is 3.64. The van der Waals surface area contributed by atoms with Crippen molar-refractivity contribution in [3.05, 3.63) is 66.2 Å². The second-order valence-electron chi connectivity index (χ2n) is 5.64. The van der Waals surface area contributed by atoms with Gasteiger partial charge in [-0.1, -0.05) is 48.5 Å². The van der Waals surface area contributed by atoms with Gasteiger partial charge in [0.2, 0.25) is 0 Å². The molecular formula is C20H26N2O2. The first-order valence-electron chi connectivity index (χ1n) is 8.58. The smallest absolute Gasteiger partial charge is 0.314 e. The zero-order chi connectivity index (χ0) is 16.9. The number of ether oxygens (including phenoxy) is 1. The molecular weight excluding hydrogens is 300 g/mol. The van der Waals surface area contributed by atoms with Crippen molar-refractivity contribution in [3.63, 3.8) is 0 Å². The van der Waals surface area contributed by atoms with E-state index < -0.39 is 0 Å². The van der Waals surface area contributed by atoms with Crippen molar-refractivity contribution in [1.29, 1.82) is 0 Å². The Morgan fingerprint density at radius 1 is 0.792 bits per heavy atom. The van der Waals surface area contributed by atoms with E-state index in [1.165, 1.54) is 5.56 Å². The molecule has 0 radical (unpaired) electrons. The van der Waals surface area contributed by atoms with E-state index in [1.807, 2.05) is 36.4 Å². The number of benzene rings is 2. The second-order valence-corrected chi connectivity index (χ2v) is 5.64. The number of nitrogens with one attached hydrogen (secondary N) is 2. The van der Waals surface area contributed by atoms with Gasteiger partial charge in [0.15, 0.2) is 0 Å². The van der Waals surface area contributed by atoms with Gasteiger partial charge in [-0.15, -0.1) is 0 Å². The number of carbonyl (C=O) groups is 1. The van der Waals surface area contributed by atoms with Gasteiger partial charge in [-0.25, -0.2) is 4.79 Å². The zero-order valence-corrected chi connectivity index (χ0v) is 14.0. The van der Waals surface area contributed by atoms with Crippen LogP contribution in [0.15, 0.2) is 60.7 Å². The van der Waals surface area contributed by atoms with Crippen LogP contribution in [0.1, 0.15) is 24.8 Å². The molecule has 0 saturated carbocycles. The summed E-state index contributed by atoms with van der Waals surface area (Å²) in [5.74, 6) is 0.861. The standard InChI is InChI=1S/C20H26N2O2/c23-20(21-15-8-7-12-18-10-3-1-4-11-18)22-16-9-17-24-19-13-5-2-6-14-19/h1-6,10-11,13-14H,7-9,12,15-17H2,(H2,21,22,23). The Labute approximate surface area is 144 Å². The predicted molar refractivity (Wildman–Crippen MR) is 97.3 cm³/mol. The monoisotopic (exact) mass is 326 g/mol. The first kappa shape index (κ1) is 17.9. The Balaban J connectivity index is 1.42. The summed E-state index contributed by atoms with van der Waals surface area (Å²) in [5, 5.41) is 5.73. The van der Waals surface area contributed by atoms with E-state index in [9.17, 15) is 4.79 Å². The maximum absolute atomic E-state index is 11.6. The van der Waals surface area contributed by atoms with Crippen LogP contribution in [0, 0.1) is 0 Å². The molecule has 0 unspecified atom stereocenters. The largest absolute Gasteiger partial charge is 0.494 e. The van der Waals surface area contributed by atoms with E-state index >= 15 is 0 Å². The van der Waals surface area contributed by atoms with Crippen molar-refractivity contribution in [2.75, 3.05) is 19.7 Å². The lowest BCUT2D eigenvalue weighted by Gasteiger charge is -2.08. The SMILES string of the molecule is O=C(NCCCCc1ccccc1)NCCCOc1ccccc1. The summed E-state index contributed by atoms with van der Waals surface area (Å²) in [6.45, 7) is 1.92. The molecule has 2 amide bonds. The van der Waals surface area contributed by atoms with E-state index in [-0.39, 0.29) is 6.03 Å². The first-order chi connectivity index (χ1) is 11.8. The van der Waals surface area contributed by atoms with Crippen molar-refractivity contribution in [2.45, 2.75) is 25.7 Å². The van der Waals surface area contributed by atoms with Crippen LogP contribution in [0.3, 0.4) is 0 Å². The number of unbranched alkanes of at least 4 members (excludes halogenated alkanes) is 1. The number of hydrogen-bond acceptors (Lipinski definition) is 2. The van der Waals surface area contributed by atoms with Gasteiger partial charge in [0, 0.05) is 13.1 Å². The lowest BCUT2D eigenvalue weighted by molar-refractivity contribution is 0.239. The average Bonchev–Trinajstić information content (AvgIpc) is 2.63. The molecule has 0 spiro atoms. The first-order valence-corrected chi connectivity index (χ1v) is 8.58. The highest BCUT2D eigenvalue weighted by Gasteiger charge is 1.99. The topological polar surface area (TPSA) is 50.4 Å². The molecule has 2 aromatic rings. The van der Waals surface area contributed by atoms with Gasteiger partial charge in [-0.2, -0.15) is 0 Å². The van der Waals surface area contributed by atoms with Crippen LogP contribution in [0.25, 0.3) is 0 Å². The van der Waals surface area contributed by atoms with Crippen LogP contribution < -0.4 is 15.4 Å². The highest BCUT2D eigenvalue weighted by atomic mass is 16.5. The summed E-state index contributed by atoms with van der Waals surface area (Å²) < 4.78 is 5.57. The Bertz CT molecular complexity index is 521. The molecule has 128 valence electrons. The average molecular weight is 326 g/mol. The number of para-hydroxylation sites is 1. The van der Waals surface area contributed by atoms with E-state index in [2.05, 4.69) is 34.9 Å². The van der Waals surface area contributed by atoms with Crippen molar-refractivity contribution >= 4 is 6.03 Å². The summed E-state index contributed by atoms with van der Waals surface area (Å²) in [4.78, 5) is 11.6. The molecule has 0 fully saturated rings. The Morgan fingerprint density at radius 3 is 2.12 bits per heavy atom. The van der Waals surface area contributed by atoms with Crippen LogP contribution in [0.5, 0.6) is 5.75 Å². The molecule has 4 nitrogen and oxygen atoms in total. The summed E-state index contributed by atoms with van der Waals surface area (Å²) >= 11 is 0. The van der Waals surface area contributed by atoms with Crippen molar-refractivity contribution in [3.8, 4) is 5.75 Å². The van der Waals surface area contributed by atoms with E-state index in [0.29, 0.717) is 19.7 Å². The summed E-state index contributed by atoms with van der Waals surface area (Å²) in [6.07, 6.45) is 3.91. The highest BCUT2D eigenvalue weighted by molar-refractivity contribution is 5.73. The Morgan fingerprint density at radius 2 is 1.42 bits per heavy atom. The fraction of sp³-hybridized carbons (Fsp3) is 0.350. The molecule has 0 heterocycles. The molecule has 0 aromatic heterocycles. The van der Waals surface area contributed by atoms with Crippen molar-refractivity contribution in [1.82, 2.24) is 10.6 Å². The maximum atomic E-state index is 11.6. The minimum atomic E-state index is -0.102. The molecule has 4 heteroatoms. The zero-order valence-electron chi connectivity index (χ0n) is 14.0. The molecule has 0 aliphatic carbocycles. The molecule has 0 aliphatic rings. The van der Waals surface area contributed by atoms with E-state index in [4.69, 9.17) is 4.74 Å². The predicted octanol–water partition coefficient (Wildman–Crippen LogP) is 3.78. The number of carbonyl (C=O) groups excluding carboxylic acids is 1. The second kappa shape index (κ2) is 11.1. The molecule has 2 rings (SSSR count). The summed E-state index contributed by atoms with van der Waals surface area (Å²) in [5.41, 5.74) is 1.35. The molecule has 2 N–H and O–H groups in total. The van der Waals surface area contributed by atoms with Gasteiger partial charge in [0.1, 0.15) is 5.75 Å². The van der Waals surface area contributed by atoms with Crippen molar-refractivity contribution < 1.29 is 9.53 Å². The molecule has 0 aliphatic heterocycles. The number of aryl methyl sites for hydroxylation is 1. The molecule has 0 saturated heterocycles. The lowest BCUT2D eigenvalue weighted by Crippen LogP contribution is -2.36. The molecule has 0 atom stereocenters. The van der Waals surface area contributed by atoms with Crippen molar-refractivity contribution in [2.24, 2.45) is 0 Å². The van der Waals surface area contributed by atoms with Crippen LogP contribution >= 0.6 is 0 Å². The third-order valence-corrected chi connectivity index (χ3v) is 3.64. The quantitative estimate of drug-likeness (QED) is 0.653. The van der Waals surface area contributed by atoms with Gasteiger partial charge in [-0.3, -0.25) is 0 Å². The number of rotatable bonds is 10. The third kappa shape index (κ3) is 7.68. The molecule has 2 aromatic carbocycles. The van der Waals surface area contributed by atoms with Crippen LogP contribution in [0.4, 0.5) is 4.79 Å². The maximum Gasteiger partial charge on any atom is 0.314 e. The van der Waals surface area contributed by atoms with Gasteiger partial charge < -0.3 is 15.4 Å². The highest BCUT2D eigenvalue weighted by Crippen LogP contribution is 2.08. The lowest BCUT2D eigenvalue weighted by atomic mass is 10.1. The summed E-state index contributed by atoms with van der Waals surface area (Å²) in [6, 6.07) is 20.0. The Hall–Kier alpha value is -2.49. The van der Waals surface area contributed by atoms with Crippen LogP contribution in [0.2, 0.25) is 0 Å². The Kier molecular flexibility index (Phi) is 8.27. The number of hydrogen-bond donors (Lipinski definition) is 2. The molecule has 0 bridgehead atoms. The van der Waals surface area contributed by atoms with Gasteiger partial charge in [0.05, 0.1) is 6.61 Å². The van der Waals surface area contributed by atoms with E-state index in [0.717, 1.165) is 31.4 Å².